The second kappa shape index (κ2) is 6.30. The third-order valence-corrected chi connectivity index (χ3v) is 6.63. The van der Waals surface area contributed by atoms with E-state index < -0.39 is 0 Å². The molecule has 3 aliphatic carbocycles. The van der Waals surface area contributed by atoms with Crippen LogP contribution >= 0.6 is 0 Å². The lowest BCUT2D eigenvalue weighted by Crippen LogP contribution is -2.48. The van der Waals surface area contributed by atoms with E-state index >= 15 is 0 Å². The minimum Gasteiger partial charge on any atom is -0.497 e. The minimum absolute atomic E-state index is 0.0549. The Labute approximate surface area is 144 Å². The SMILES string of the molecule is COc1ccc(NC(=O)NC2C3CCCC4CC2CC4C3)c(C)c1. The first-order valence-electron chi connectivity index (χ1n) is 9.36. The quantitative estimate of drug-likeness (QED) is 0.867. The molecule has 2 amide bonds. The van der Waals surface area contributed by atoms with E-state index in [1.54, 1.807) is 7.11 Å². The van der Waals surface area contributed by atoms with Crippen LogP contribution in [0.25, 0.3) is 0 Å². The van der Waals surface area contributed by atoms with Crippen molar-refractivity contribution in [3.8, 4) is 5.75 Å². The van der Waals surface area contributed by atoms with Crippen LogP contribution in [0.2, 0.25) is 0 Å². The number of methoxy groups -OCH3 is 1. The fraction of sp³-hybridized carbons (Fsp3) is 0.650. The summed E-state index contributed by atoms with van der Waals surface area (Å²) in [6.45, 7) is 1.99. The van der Waals surface area contributed by atoms with Crippen molar-refractivity contribution in [2.24, 2.45) is 23.7 Å². The molecule has 0 heterocycles. The predicted molar refractivity (Wildman–Crippen MR) is 95.3 cm³/mol. The van der Waals surface area contributed by atoms with Crippen LogP contribution in [0.15, 0.2) is 18.2 Å². The lowest BCUT2D eigenvalue weighted by atomic mass is 9.75. The zero-order chi connectivity index (χ0) is 16.7. The predicted octanol–water partition coefficient (Wildman–Crippen LogP) is 4.34. The van der Waals surface area contributed by atoms with E-state index in [-0.39, 0.29) is 6.03 Å². The number of urea groups is 1. The van der Waals surface area contributed by atoms with Gasteiger partial charge in [-0.15, -0.1) is 0 Å². The van der Waals surface area contributed by atoms with Gasteiger partial charge in [-0.1, -0.05) is 12.8 Å². The zero-order valence-electron chi connectivity index (χ0n) is 14.7. The van der Waals surface area contributed by atoms with E-state index in [0.29, 0.717) is 17.9 Å². The summed E-state index contributed by atoms with van der Waals surface area (Å²) in [6.07, 6.45) is 8.03. The van der Waals surface area contributed by atoms with Gasteiger partial charge in [-0.3, -0.25) is 0 Å². The van der Waals surface area contributed by atoms with Gasteiger partial charge in [0.25, 0.3) is 0 Å². The van der Waals surface area contributed by atoms with E-state index in [4.69, 9.17) is 4.74 Å². The maximum absolute atomic E-state index is 12.6. The number of nitrogens with one attached hydrogen (secondary N) is 2. The van der Waals surface area contributed by atoms with Crippen molar-refractivity contribution in [3.05, 3.63) is 23.8 Å². The first-order chi connectivity index (χ1) is 11.6. The minimum atomic E-state index is -0.0549. The molecular weight excluding hydrogens is 300 g/mol. The van der Waals surface area contributed by atoms with Gasteiger partial charge in [0.15, 0.2) is 0 Å². The molecule has 3 saturated carbocycles. The van der Waals surface area contributed by atoms with Crippen LogP contribution in [-0.2, 0) is 0 Å². The van der Waals surface area contributed by atoms with Crippen molar-refractivity contribution in [1.29, 1.82) is 0 Å². The number of aryl methyl sites for hydroxylation is 1. The molecule has 3 bridgehead atoms. The van der Waals surface area contributed by atoms with E-state index in [2.05, 4.69) is 10.6 Å². The Kier molecular flexibility index (Phi) is 4.15. The Morgan fingerprint density at radius 2 is 1.83 bits per heavy atom. The number of amides is 2. The molecule has 1 aromatic carbocycles. The van der Waals surface area contributed by atoms with Crippen LogP contribution in [0.5, 0.6) is 5.75 Å². The molecule has 0 spiro atoms. The van der Waals surface area contributed by atoms with Crippen LogP contribution < -0.4 is 15.4 Å². The highest BCUT2D eigenvalue weighted by molar-refractivity contribution is 5.90. The maximum atomic E-state index is 12.6. The van der Waals surface area contributed by atoms with Crippen LogP contribution in [0.1, 0.15) is 44.1 Å². The van der Waals surface area contributed by atoms with Gasteiger partial charge in [0.05, 0.1) is 7.11 Å². The fourth-order valence-corrected chi connectivity index (χ4v) is 5.50. The van der Waals surface area contributed by atoms with Crippen molar-refractivity contribution in [2.45, 2.75) is 51.5 Å². The van der Waals surface area contributed by atoms with E-state index in [1.165, 1.54) is 38.5 Å². The number of ether oxygens (including phenoxy) is 1. The summed E-state index contributed by atoms with van der Waals surface area (Å²) < 4.78 is 5.23. The monoisotopic (exact) mass is 328 g/mol. The third kappa shape index (κ3) is 2.87. The lowest BCUT2D eigenvalue weighted by molar-refractivity contribution is 0.179. The average molecular weight is 328 g/mol. The number of anilines is 1. The van der Waals surface area contributed by atoms with Gasteiger partial charge in [0.1, 0.15) is 5.75 Å². The van der Waals surface area contributed by atoms with Gasteiger partial charge in [-0.2, -0.15) is 0 Å². The summed E-state index contributed by atoms with van der Waals surface area (Å²) in [5.41, 5.74) is 1.88. The molecule has 4 nitrogen and oxygen atoms in total. The smallest absolute Gasteiger partial charge is 0.319 e. The number of rotatable bonds is 3. The Morgan fingerprint density at radius 1 is 1.08 bits per heavy atom. The Bertz CT molecular complexity index is 630. The molecule has 0 saturated heterocycles. The van der Waals surface area contributed by atoms with Crippen molar-refractivity contribution in [1.82, 2.24) is 5.32 Å². The molecule has 3 aliphatic rings. The normalized spacial score (nSPS) is 33.8. The van der Waals surface area contributed by atoms with Gasteiger partial charge in [0.2, 0.25) is 0 Å². The molecule has 5 unspecified atom stereocenters. The maximum Gasteiger partial charge on any atom is 0.319 e. The summed E-state index contributed by atoms with van der Waals surface area (Å²) in [6, 6.07) is 6.06. The van der Waals surface area contributed by atoms with E-state index in [1.807, 2.05) is 25.1 Å². The topological polar surface area (TPSA) is 50.4 Å². The second-order valence-electron chi connectivity index (χ2n) is 7.98. The first-order valence-corrected chi connectivity index (χ1v) is 9.36. The molecule has 24 heavy (non-hydrogen) atoms. The summed E-state index contributed by atoms with van der Waals surface area (Å²) in [7, 11) is 1.66. The summed E-state index contributed by atoms with van der Waals surface area (Å²) in [4.78, 5) is 12.6. The highest BCUT2D eigenvalue weighted by atomic mass is 16.5. The molecule has 130 valence electrons. The molecule has 0 radical (unpaired) electrons. The van der Waals surface area contributed by atoms with E-state index in [9.17, 15) is 4.79 Å². The zero-order valence-corrected chi connectivity index (χ0v) is 14.7. The number of fused-ring (bicyclic) bond motifs is 2. The molecule has 0 aromatic heterocycles. The Balaban J connectivity index is 1.43. The molecule has 5 atom stereocenters. The number of carbonyl (C=O) groups is 1. The molecule has 4 rings (SSSR count). The van der Waals surface area contributed by atoms with Crippen molar-refractivity contribution in [3.63, 3.8) is 0 Å². The standard InChI is InChI=1S/C20H28N2O2/c1-12-8-17(24-2)6-7-18(12)21-20(23)22-19-14-5-3-4-13-9-16(19)11-15(13)10-14/h6-8,13-16,19H,3-5,9-11H2,1-2H3,(H2,21,22,23). The second-order valence-corrected chi connectivity index (χ2v) is 7.98. The van der Waals surface area contributed by atoms with E-state index in [0.717, 1.165) is 28.8 Å². The van der Waals surface area contributed by atoms with Gasteiger partial charge < -0.3 is 15.4 Å². The highest BCUT2D eigenvalue weighted by Crippen LogP contribution is 2.53. The van der Waals surface area contributed by atoms with Crippen LogP contribution in [0.3, 0.4) is 0 Å². The lowest BCUT2D eigenvalue weighted by Gasteiger charge is -2.37. The van der Waals surface area contributed by atoms with Crippen molar-refractivity contribution >= 4 is 11.7 Å². The molecule has 4 heteroatoms. The number of carbonyl (C=O) groups excluding carboxylic acids is 1. The van der Waals surface area contributed by atoms with Crippen molar-refractivity contribution in [2.75, 3.05) is 12.4 Å². The van der Waals surface area contributed by atoms with Gasteiger partial charge >= 0.3 is 6.03 Å². The fourth-order valence-electron chi connectivity index (χ4n) is 5.50. The Morgan fingerprint density at radius 3 is 2.62 bits per heavy atom. The molecule has 0 aliphatic heterocycles. The van der Waals surface area contributed by atoms with Crippen molar-refractivity contribution < 1.29 is 9.53 Å². The summed E-state index contributed by atoms with van der Waals surface area (Å²) in [5, 5.41) is 6.36. The summed E-state index contributed by atoms with van der Waals surface area (Å²) in [5.74, 6) is 4.06. The molecule has 3 fully saturated rings. The third-order valence-electron chi connectivity index (χ3n) is 6.63. The summed E-state index contributed by atoms with van der Waals surface area (Å²) >= 11 is 0. The van der Waals surface area contributed by atoms with Crippen LogP contribution in [-0.4, -0.2) is 19.2 Å². The molecular formula is C20H28N2O2. The van der Waals surface area contributed by atoms with Gasteiger partial charge in [0, 0.05) is 11.7 Å². The van der Waals surface area contributed by atoms with Gasteiger partial charge in [-0.05, 0) is 80.0 Å². The molecule has 1 aromatic rings. The van der Waals surface area contributed by atoms with Crippen LogP contribution in [0.4, 0.5) is 10.5 Å². The first kappa shape index (κ1) is 15.8. The van der Waals surface area contributed by atoms with Crippen LogP contribution in [0, 0.1) is 30.6 Å². The number of hydrogen-bond acceptors (Lipinski definition) is 2. The molecule has 2 N–H and O–H groups in total. The average Bonchev–Trinajstić information content (AvgIpc) is 2.81. The Hall–Kier alpha value is -1.71. The number of benzene rings is 1. The highest BCUT2D eigenvalue weighted by Gasteiger charge is 2.48. The largest absolute Gasteiger partial charge is 0.497 e. The van der Waals surface area contributed by atoms with Gasteiger partial charge in [-0.25, -0.2) is 4.79 Å². The number of hydrogen-bond donors (Lipinski definition) is 2.